The van der Waals surface area contributed by atoms with Gasteiger partial charge in [-0.15, -0.1) is 0 Å². The predicted octanol–water partition coefficient (Wildman–Crippen LogP) is 3.36. The van der Waals surface area contributed by atoms with Gasteiger partial charge in [0.1, 0.15) is 11.9 Å². The molecule has 0 unspecified atom stereocenters. The first-order valence-corrected chi connectivity index (χ1v) is 16.1. The lowest BCUT2D eigenvalue weighted by Crippen LogP contribution is -2.46. The van der Waals surface area contributed by atoms with E-state index in [0.717, 1.165) is 22.5 Å². The molecule has 1 saturated heterocycles. The number of aromatic nitrogens is 1. The van der Waals surface area contributed by atoms with Gasteiger partial charge in [0.15, 0.2) is 9.84 Å². The maximum absolute atomic E-state index is 13.9. The average Bonchev–Trinajstić information content (AvgIpc) is 2.91. The van der Waals surface area contributed by atoms with Gasteiger partial charge in [-0.2, -0.15) is 0 Å². The first-order chi connectivity index (χ1) is 18.5. The minimum absolute atomic E-state index is 0.0350. The minimum Gasteiger partial charge on any atom is -0.486 e. The quantitative estimate of drug-likeness (QED) is 0.447. The van der Waals surface area contributed by atoms with Gasteiger partial charge in [-0.1, -0.05) is 18.2 Å². The van der Waals surface area contributed by atoms with Gasteiger partial charge in [0.2, 0.25) is 5.91 Å². The van der Waals surface area contributed by atoms with Crippen LogP contribution in [0.1, 0.15) is 24.1 Å². The second-order valence-electron chi connectivity index (χ2n) is 10.0. The smallest absolute Gasteiger partial charge is 0.264 e. The Morgan fingerprint density at radius 1 is 1.03 bits per heavy atom. The van der Waals surface area contributed by atoms with Crippen LogP contribution in [0.2, 0.25) is 0 Å². The van der Waals surface area contributed by atoms with E-state index in [9.17, 15) is 21.6 Å². The molecule has 2 aliphatic rings. The summed E-state index contributed by atoms with van der Waals surface area (Å²) in [7, 11) is -7.03. The highest BCUT2D eigenvalue weighted by Gasteiger charge is 2.35. The number of sulfone groups is 1. The fraction of sp³-hybridized carbons (Fsp3) is 0.357. The summed E-state index contributed by atoms with van der Waals surface area (Å²) in [5.41, 5.74) is 3.58. The number of pyridine rings is 1. The Hall–Kier alpha value is -3.44. The van der Waals surface area contributed by atoms with E-state index in [4.69, 9.17) is 4.74 Å². The van der Waals surface area contributed by atoms with Crippen LogP contribution < -0.4 is 9.04 Å². The number of hydrogen-bond donors (Lipinski definition) is 0. The van der Waals surface area contributed by atoms with E-state index in [2.05, 4.69) is 4.98 Å². The molecular weight excluding hydrogens is 538 g/mol. The molecule has 0 radical (unpaired) electrons. The molecule has 1 atom stereocenters. The summed E-state index contributed by atoms with van der Waals surface area (Å²) in [6.45, 7) is 4.14. The van der Waals surface area contributed by atoms with E-state index >= 15 is 0 Å². The van der Waals surface area contributed by atoms with Crippen molar-refractivity contribution in [1.82, 2.24) is 9.88 Å². The lowest BCUT2D eigenvalue weighted by atomic mass is 10.1. The van der Waals surface area contributed by atoms with Crippen LogP contribution in [-0.4, -0.2) is 69.9 Å². The number of amides is 1. The number of carbonyl (C=O) groups excluding carboxylic acids is 1. The Bertz CT molecular complexity index is 1610. The minimum atomic E-state index is -3.94. The highest BCUT2D eigenvalue weighted by Crippen LogP contribution is 2.40. The normalized spacial score (nSPS) is 18.8. The van der Waals surface area contributed by atoms with Gasteiger partial charge >= 0.3 is 0 Å². The summed E-state index contributed by atoms with van der Waals surface area (Å²) >= 11 is 0. The molecular formula is C28H31N3O6S2. The number of carbonyl (C=O) groups is 1. The van der Waals surface area contributed by atoms with Crippen molar-refractivity contribution in [3.63, 3.8) is 0 Å². The second kappa shape index (κ2) is 10.6. The van der Waals surface area contributed by atoms with Gasteiger partial charge in [-0.3, -0.25) is 14.1 Å². The van der Waals surface area contributed by atoms with Crippen molar-refractivity contribution in [3.8, 4) is 17.0 Å². The van der Waals surface area contributed by atoms with Gasteiger partial charge in [0.05, 0.1) is 34.3 Å². The summed E-state index contributed by atoms with van der Waals surface area (Å²) in [4.78, 5) is 19.1. The molecule has 0 N–H and O–H groups in total. The van der Waals surface area contributed by atoms with Crippen LogP contribution in [-0.2, 0) is 24.7 Å². The number of nitrogens with zero attached hydrogens (tertiary/aromatic N) is 3. The van der Waals surface area contributed by atoms with Crippen molar-refractivity contribution in [2.45, 2.75) is 37.7 Å². The number of aryl methyl sites for hydroxylation is 2. The van der Waals surface area contributed by atoms with E-state index in [-0.39, 0.29) is 48.4 Å². The molecule has 3 heterocycles. The number of ether oxygens (including phenoxy) is 1. The van der Waals surface area contributed by atoms with Crippen molar-refractivity contribution in [2.24, 2.45) is 0 Å². The number of benzene rings is 2. The summed E-state index contributed by atoms with van der Waals surface area (Å²) in [5, 5.41) is 0. The van der Waals surface area contributed by atoms with Crippen LogP contribution in [0.5, 0.6) is 5.75 Å². The maximum atomic E-state index is 13.9. The Morgan fingerprint density at radius 3 is 2.49 bits per heavy atom. The zero-order valence-electron chi connectivity index (χ0n) is 21.9. The second-order valence-corrected chi connectivity index (χ2v) is 14.2. The maximum Gasteiger partial charge on any atom is 0.264 e. The van der Waals surface area contributed by atoms with Gasteiger partial charge in [0.25, 0.3) is 10.0 Å². The van der Waals surface area contributed by atoms with E-state index in [1.54, 1.807) is 35.2 Å². The number of sulfonamides is 1. The molecule has 0 spiro atoms. The van der Waals surface area contributed by atoms with Gasteiger partial charge < -0.3 is 9.64 Å². The van der Waals surface area contributed by atoms with Crippen molar-refractivity contribution < 1.29 is 26.4 Å². The third-order valence-corrected chi connectivity index (χ3v) is 10.4. The molecule has 206 valence electrons. The van der Waals surface area contributed by atoms with Crippen molar-refractivity contribution in [2.75, 3.05) is 35.4 Å². The Kier molecular flexibility index (Phi) is 7.39. The number of anilines is 1. The number of rotatable bonds is 6. The average molecular weight is 570 g/mol. The summed E-state index contributed by atoms with van der Waals surface area (Å²) in [6, 6.07) is 17.8. The van der Waals surface area contributed by atoms with Gasteiger partial charge in [-0.25, -0.2) is 16.8 Å². The summed E-state index contributed by atoms with van der Waals surface area (Å²) in [6.07, 6.45) is -0.135. The Morgan fingerprint density at radius 2 is 1.77 bits per heavy atom. The van der Waals surface area contributed by atoms with Gasteiger partial charge in [-0.05, 0) is 68.3 Å². The van der Waals surface area contributed by atoms with E-state index in [1.807, 2.05) is 44.2 Å². The fourth-order valence-corrected chi connectivity index (χ4v) is 7.67. The Labute approximate surface area is 229 Å². The molecule has 0 saturated carbocycles. The van der Waals surface area contributed by atoms with Crippen molar-refractivity contribution >= 4 is 31.5 Å². The van der Waals surface area contributed by atoms with Crippen LogP contribution in [0.4, 0.5) is 5.69 Å². The third kappa shape index (κ3) is 5.94. The van der Waals surface area contributed by atoms with Crippen LogP contribution in [0.3, 0.4) is 0 Å². The van der Waals surface area contributed by atoms with Crippen molar-refractivity contribution in [1.29, 1.82) is 0 Å². The summed E-state index contributed by atoms with van der Waals surface area (Å²) in [5.74, 6) is 0.183. The lowest BCUT2D eigenvalue weighted by Gasteiger charge is -2.36. The zero-order chi connectivity index (χ0) is 27.8. The molecule has 9 nitrogen and oxygen atoms in total. The summed E-state index contributed by atoms with van der Waals surface area (Å²) < 4.78 is 58.8. The SMILES string of the molecule is Cc1cccc(S(=O)(=O)N2C[C@H](CCC(=O)N3CCS(=O)(=O)CC3)Oc3ccc(-c4cccc(C)n4)cc32)c1. The van der Waals surface area contributed by atoms with Crippen molar-refractivity contribution in [3.05, 3.63) is 71.9 Å². The topological polar surface area (TPSA) is 114 Å². The van der Waals surface area contributed by atoms with Crippen LogP contribution >= 0.6 is 0 Å². The Balaban J connectivity index is 1.43. The molecule has 0 aliphatic carbocycles. The zero-order valence-corrected chi connectivity index (χ0v) is 23.5. The largest absolute Gasteiger partial charge is 0.486 e. The molecule has 2 aromatic carbocycles. The molecule has 1 aromatic heterocycles. The standard InChI is InChI=1S/C28H31N3O6S2/c1-20-5-3-7-24(17-20)39(35,36)31-19-23(10-12-28(32)30-13-15-38(33,34)16-14-30)37-27-11-9-22(18-26(27)31)25-8-4-6-21(2)29-25/h3-9,11,17-18,23H,10,12-16,19H2,1-2H3/t23-/m0/s1. The highest BCUT2D eigenvalue weighted by molar-refractivity contribution is 7.93. The molecule has 1 amide bonds. The molecule has 11 heteroatoms. The lowest BCUT2D eigenvalue weighted by molar-refractivity contribution is -0.131. The van der Waals surface area contributed by atoms with Crippen LogP contribution in [0, 0.1) is 13.8 Å². The number of fused-ring (bicyclic) bond motifs is 1. The molecule has 3 aromatic rings. The predicted molar refractivity (Wildman–Crippen MR) is 149 cm³/mol. The monoisotopic (exact) mass is 569 g/mol. The highest BCUT2D eigenvalue weighted by atomic mass is 32.2. The van der Waals surface area contributed by atoms with Gasteiger partial charge in [0, 0.05) is 30.8 Å². The molecule has 5 rings (SSSR count). The van der Waals surface area contributed by atoms with E-state index < -0.39 is 26.0 Å². The van der Waals surface area contributed by atoms with Crippen LogP contribution in [0.25, 0.3) is 11.3 Å². The molecule has 2 aliphatic heterocycles. The van der Waals surface area contributed by atoms with E-state index in [0.29, 0.717) is 17.9 Å². The molecule has 0 bridgehead atoms. The fourth-order valence-electron chi connectivity index (χ4n) is 4.86. The van der Waals surface area contributed by atoms with E-state index in [1.165, 1.54) is 4.31 Å². The third-order valence-electron chi connectivity index (χ3n) is 7.03. The van der Waals surface area contributed by atoms with Crippen LogP contribution in [0.15, 0.2) is 65.6 Å². The molecule has 39 heavy (non-hydrogen) atoms. The molecule has 1 fully saturated rings. The first kappa shape index (κ1) is 27.1. The number of hydrogen-bond acceptors (Lipinski definition) is 7. The first-order valence-electron chi connectivity index (χ1n) is 12.8.